The van der Waals surface area contributed by atoms with Crippen LogP contribution < -0.4 is 5.32 Å². The summed E-state index contributed by atoms with van der Waals surface area (Å²) in [5.41, 5.74) is 2.28. The summed E-state index contributed by atoms with van der Waals surface area (Å²) in [6, 6.07) is 8.28. The molecule has 1 aliphatic rings. The van der Waals surface area contributed by atoms with Crippen LogP contribution in [-0.4, -0.2) is 46.5 Å². The summed E-state index contributed by atoms with van der Waals surface area (Å²) in [5, 5.41) is 2.87. The molecule has 1 aromatic heterocycles. The Morgan fingerprint density at radius 2 is 2.09 bits per heavy atom. The number of piperidine rings is 1. The van der Waals surface area contributed by atoms with E-state index >= 15 is 0 Å². The van der Waals surface area contributed by atoms with Gasteiger partial charge in [-0.2, -0.15) is 0 Å². The minimum Gasteiger partial charge on any atom is -0.355 e. The summed E-state index contributed by atoms with van der Waals surface area (Å²) in [7, 11) is 0. The van der Waals surface area contributed by atoms with E-state index in [4.69, 9.17) is 0 Å². The number of nitrogens with zero attached hydrogens (tertiary/aromatic N) is 3. The van der Waals surface area contributed by atoms with Crippen molar-refractivity contribution in [2.24, 2.45) is 5.92 Å². The number of fused-ring (bicyclic) bond motifs is 1. The van der Waals surface area contributed by atoms with E-state index in [1.165, 1.54) is 5.52 Å². The van der Waals surface area contributed by atoms with Gasteiger partial charge in [-0.05, 0) is 50.9 Å². The van der Waals surface area contributed by atoms with Crippen molar-refractivity contribution in [2.75, 3.05) is 26.2 Å². The van der Waals surface area contributed by atoms with Gasteiger partial charge in [0.25, 0.3) is 0 Å². The molecule has 3 rings (SSSR count). The van der Waals surface area contributed by atoms with Crippen molar-refractivity contribution >= 4 is 16.9 Å². The second-order valence-corrected chi connectivity index (χ2v) is 6.06. The lowest BCUT2D eigenvalue weighted by molar-refractivity contribution is -0.122. The smallest absolute Gasteiger partial charge is 0.234 e. The number of hydrogen-bond donors (Lipinski definition) is 1. The van der Waals surface area contributed by atoms with E-state index in [0.717, 1.165) is 38.0 Å². The number of nitrogens with one attached hydrogen (secondary N) is 1. The van der Waals surface area contributed by atoms with Crippen LogP contribution in [0.2, 0.25) is 0 Å². The molecule has 0 radical (unpaired) electrons. The molecule has 1 amide bonds. The molecule has 1 aliphatic heterocycles. The Morgan fingerprint density at radius 1 is 1.32 bits per heavy atom. The van der Waals surface area contributed by atoms with Crippen molar-refractivity contribution < 1.29 is 4.79 Å². The van der Waals surface area contributed by atoms with Crippen molar-refractivity contribution in [1.29, 1.82) is 0 Å². The summed E-state index contributed by atoms with van der Waals surface area (Å²) in [5.74, 6) is 0.810. The molecule has 0 spiro atoms. The number of hydrogen-bond acceptors (Lipinski definition) is 3. The molecule has 0 bridgehead atoms. The predicted molar refractivity (Wildman–Crippen MR) is 87.6 cm³/mol. The molecule has 5 heteroatoms. The lowest BCUT2D eigenvalue weighted by Crippen LogP contribution is -2.42. The van der Waals surface area contributed by atoms with E-state index < -0.39 is 0 Å². The number of imidazole rings is 1. The highest BCUT2D eigenvalue weighted by Gasteiger charge is 2.21. The molecule has 118 valence electrons. The van der Waals surface area contributed by atoms with Crippen LogP contribution in [0.3, 0.4) is 0 Å². The molecule has 22 heavy (non-hydrogen) atoms. The van der Waals surface area contributed by atoms with Crippen molar-refractivity contribution in [3.63, 3.8) is 0 Å². The quantitative estimate of drug-likeness (QED) is 0.917. The molecule has 0 saturated carbocycles. The molecular formula is C17H24N4O. The van der Waals surface area contributed by atoms with E-state index in [9.17, 15) is 4.79 Å². The number of rotatable bonds is 5. The zero-order chi connectivity index (χ0) is 15.4. The third-order valence-electron chi connectivity index (χ3n) is 4.43. The summed E-state index contributed by atoms with van der Waals surface area (Å²) in [6.45, 7) is 6.25. The van der Waals surface area contributed by atoms with Gasteiger partial charge in [0.1, 0.15) is 0 Å². The Labute approximate surface area is 131 Å². The van der Waals surface area contributed by atoms with E-state index in [0.29, 0.717) is 19.0 Å². The van der Waals surface area contributed by atoms with Gasteiger partial charge in [-0.15, -0.1) is 0 Å². The van der Waals surface area contributed by atoms with Crippen molar-refractivity contribution in [3.05, 3.63) is 30.6 Å². The van der Waals surface area contributed by atoms with Crippen molar-refractivity contribution in [1.82, 2.24) is 19.8 Å². The fourth-order valence-corrected chi connectivity index (χ4v) is 3.22. The molecule has 2 heterocycles. The van der Waals surface area contributed by atoms with Gasteiger partial charge < -0.3 is 9.88 Å². The van der Waals surface area contributed by atoms with Gasteiger partial charge in [0, 0.05) is 13.1 Å². The highest BCUT2D eigenvalue weighted by molar-refractivity contribution is 5.78. The minimum atomic E-state index is 0.140. The maximum atomic E-state index is 11.6. The molecule has 0 aliphatic carbocycles. The first kappa shape index (κ1) is 15.0. The monoisotopic (exact) mass is 300 g/mol. The van der Waals surface area contributed by atoms with Gasteiger partial charge >= 0.3 is 0 Å². The van der Waals surface area contributed by atoms with Gasteiger partial charge in [0.05, 0.1) is 23.9 Å². The average Bonchev–Trinajstić information content (AvgIpc) is 2.93. The van der Waals surface area contributed by atoms with Gasteiger partial charge in [0.2, 0.25) is 5.91 Å². The average molecular weight is 300 g/mol. The Kier molecular flexibility index (Phi) is 4.73. The molecular weight excluding hydrogens is 276 g/mol. The highest BCUT2D eigenvalue weighted by atomic mass is 16.2. The van der Waals surface area contributed by atoms with Gasteiger partial charge in [-0.25, -0.2) is 4.98 Å². The van der Waals surface area contributed by atoms with Crippen LogP contribution in [0.5, 0.6) is 0 Å². The van der Waals surface area contributed by atoms with Crippen LogP contribution in [0.15, 0.2) is 30.6 Å². The third-order valence-corrected chi connectivity index (χ3v) is 4.43. The zero-order valence-corrected chi connectivity index (χ0v) is 13.2. The van der Waals surface area contributed by atoms with Crippen molar-refractivity contribution in [3.8, 4) is 0 Å². The molecule has 1 N–H and O–H groups in total. The van der Waals surface area contributed by atoms with Crippen LogP contribution in [0, 0.1) is 5.92 Å². The van der Waals surface area contributed by atoms with E-state index in [-0.39, 0.29) is 5.91 Å². The number of benzene rings is 1. The van der Waals surface area contributed by atoms with Crippen LogP contribution in [0.4, 0.5) is 0 Å². The van der Waals surface area contributed by atoms with Gasteiger partial charge in [-0.3, -0.25) is 9.69 Å². The number of amides is 1. The van der Waals surface area contributed by atoms with E-state index in [2.05, 4.69) is 38.0 Å². The Hall–Kier alpha value is -1.88. The minimum absolute atomic E-state index is 0.140. The fraction of sp³-hybridized carbons (Fsp3) is 0.529. The van der Waals surface area contributed by atoms with Crippen LogP contribution >= 0.6 is 0 Å². The molecule has 1 aromatic carbocycles. The summed E-state index contributed by atoms with van der Waals surface area (Å²) in [4.78, 5) is 18.3. The molecule has 0 atom stereocenters. The summed E-state index contributed by atoms with van der Waals surface area (Å²) < 4.78 is 2.26. The maximum Gasteiger partial charge on any atom is 0.234 e. The number of carbonyl (C=O) groups is 1. The van der Waals surface area contributed by atoms with Crippen molar-refractivity contribution in [2.45, 2.75) is 26.3 Å². The second kappa shape index (κ2) is 6.92. The molecule has 2 aromatic rings. The fourth-order valence-electron chi connectivity index (χ4n) is 3.22. The Balaban J connectivity index is 1.53. The van der Waals surface area contributed by atoms with Crippen LogP contribution in [-0.2, 0) is 11.3 Å². The number of carbonyl (C=O) groups excluding carboxylic acids is 1. The second-order valence-electron chi connectivity index (χ2n) is 6.06. The first-order valence-electron chi connectivity index (χ1n) is 8.15. The largest absolute Gasteiger partial charge is 0.355 e. The van der Waals surface area contributed by atoms with Gasteiger partial charge in [-0.1, -0.05) is 12.1 Å². The first-order valence-corrected chi connectivity index (χ1v) is 8.15. The Bertz CT molecular complexity index is 628. The molecule has 5 nitrogen and oxygen atoms in total. The first-order chi connectivity index (χ1) is 10.8. The lowest BCUT2D eigenvalue weighted by Gasteiger charge is -2.31. The third kappa shape index (κ3) is 3.47. The van der Waals surface area contributed by atoms with E-state index in [1.807, 2.05) is 19.3 Å². The van der Waals surface area contributed by atoms with E-state index in [1.54, 1.807) is 0 Å². The SMILES string of the molecule is CCNC(=O)CN1CCC(Cn2cnc3ccccc32)CC1. The number of aromatic nitrogens is 2. The highest BCUT2D eigenvalue weighted by Crippen LogP contribution is 2.21. The predicted octanol–water partition coefficient (Wildman–Crippen LogP) is 1.88. The van der Waals surface area contributed by atoms with Crippen LogP contribution in [0.1, 0.15) is 19.8 Å². The lowest BCUT2D eigenvalue weighted by atomic mass is 9.96. The topological polar surface area (TPSA) is 50.2 Å². The standard InChI is InChI=1S/C17H24N4O/c1-2-18-17(22)12-20-9-7-14(8-10-20)11-21-13-19-15-5-3-4-6-16(15)21/h3-6,13-14H,2,7-12H2,1H3,(H,18,22). The summed E-state index contributed by atoms with van der Waals surface area (Å²) in [6.07, 6.45) is 4.24. The van der Waals surface area contributed by atoms with Crippen LogP contribution in [0.25, 0.3) is 11.0 Å². The molecule has 1 fully saturated rings. The molecule has 1 saturated heterocycles. The summed E-state index contributed by atoms with van der Waals surface area (Å²) >= 11 is 0. The number of likely N-dealkylation sites (N-methyl/N-ethyl adjacent to an activating group) is 1. The zero-order valence-electron chi connectivity index (χ0n) is 13.2. The Morgan fingerprint density at radius 3 is 2.86 bits per heavy atom. The number of para-hydroxylation sites is 2. The van der Waals surface area contributed by atoms with Gasteiger partial charge in [0.15, 0.2) is 0 Å². The normalized spacial score (nSPS) is 17.0. The molecule has 0 unspecified atom stereocenters. The number of likely N-dealkylation sites (tertiary alicyclic amines) is 1. The maximum absolute atomic E-state index is 11.6.